The third-order valence-corrected chi connectivity index (χ3v) is 6.68. The summed E-state index contributed by atoms with van der Waals surface area (Å²) in [5.74, 6) is -1.51. The van der Waals surface area contributed by atoms with Crippen LogP contribution >= 0.6 is 0 Å². The van der Waals surface area contributed by atoms with Gasteiger partial charge in [0.2, 0.25) is 15.9 Å². The fraction of sp³-hybridized carbons (Fsp3) is 0.273. The van der Waals surface area contributed by atoms with Crippen molar-refractivity contribution in [2.45, 2.75) is 30.2 Å². The monoisotopic (exact) mass is 444 g/mol. The van der Waals surface area contributed by atoms with E-state index in [-0.39, 0.29) is 30.0 Å². The maximum atomic E-state index is 12.5. The number of methoxy groups -OCH3 is 1. The summed E-state index contributed by atoms with van der Waals surface area (Å²) in [6.45, 7) is 1.88. The minimum atomic E-state index is -3.77. The van der Waals surface area contributed by atoms with E-state index in [9.17, 15) is 23.1 Å². The maximum Gasteiger partial charge on any atom is 0.330 e. The highest BCUT2D eigenvalue weighted by Crippen LogP contribution is 2.30. The summed E-state index contributed by atoms with van der Waals surface area (Å²) in [4.78, 5) is 24.4. The first-order valence-corrected chi connectivity index (χ1v) is 11.2. The highest BCUT2D eigenvalue weighted by Gasteiger charge is 2.44. The molecule has 0 aliphatic heterocycles. The van der Waals surface area contributed by atoms with E-state index >= 15 is 0 Å². The number of carboxylic acid groups (broad SMARTS) is 1. The number of fused-ring (bicyclic) bond motifs is 1. The van der Waals surface area contributed by atoms with Crippen molar-refractivity contribution < 1.29 is 27.9 Å². The Morgan fingerprint density at radius 1 is 1.16 bits per heavy atom. The quantitative estimate of drug-likeness (QED) is 0.533. The number of carbonyl (C=O) groups is 2. The standard InChI is InChI=1S/C22H24N2O6S/c1-3-23-31(28,29)19-12-15(8-10-18(19)30-2)9-11-20(25)24-22(21(26)27)13-16-6-4-5-7-17(16)14-22/h4-12,23H,3,13-14H2,1-2H3,(H,24,25)(H,26,27). The summed E-state index contributed by atoms with van der Waals surface area (Å²) in [6.07, 6.45) is 3.02. The number of sulfonamides is 1. The Kier molecular flexibility index (Phi) is 6.47. The Hall–Kier alpha value is -3.17. The van der Waals surface area contributed by atoms with Crippen molar-refractivity contribution in [3.63, 3.8) is 0 Å². The molecule has 1 amide bonds. The fourth-order valence-electron chi connectivity index (χ4n) is 3.63. The predicted molar refractivity (Wildman–Crippen MR) is 115 cm³/mol. The van der Waals surface area contributed by atoms with Gasteiger partial charge in [0, 0.05) is 25.5 Å². The van der Waals surface area contributed by atoms with E-state index in [0.717, 1.165) is 11.1 Å². The zero-order chi connectivity index (χ0) is 22.6. The van der Waals surface area contributed by atoms with E-state index in [1.807, 2.05) is 24.3 Å². The SMILES string of the molecule is CCNS(=O)(=O)c1cc(C=CC(=O)NC2(C(=O)O)Cc3ccccc3C2)ccc1OC. The number of benzene rings is 2. The summed E-state index contributed by atoms with van der Waals surface area (Å²) in [5.41, 5.74) is 0.821. The van der Waals surface area contributed by atoms with Gasteiger partial charge in [0.05, 0.1) is 7.11 Å². The zero-order valence-corrected chi connectivity index (χ0v) is 18.0. The van der Waals surface area contributed by atoms with Crippen molar-refractivity contribution >= 4 is 28.0 Å². The van der Waals surface area contributed by atoms with Crippen molar-refractivity contribution in [1.82, 2.24) is 10.0 Å². The van der Waals surface area contributed by atoms with Crippen LogP contribution in [0.1, 0.15) is 23.6 Å². The second-order valence-electron chi connectivity index (χ2n) is 7.24. The minimum Gasteiger partial charge on any atom is -0.495 e. The number of ether oxygens (including phenoxy) is 1. The van der Waals surface area contributed by atoms with Crippen LogP contribution in [0.4, 0.5) is 0 Å². The van der Waals surface area contributed by atoms with Crippen LogP contribution < -0.4 is 14.8 Å². The molecule has 9 heteroatoms. The Bertz CT molecular complexity index is 1120. The maximum absolute atomic E-state index is 12.5. The van der Waals surface area contributed by atoms with Crippen molar-refractivity contribution in [2.24, 2.45) is 0 Å². The average molecular weight is 445 g/mol. The van der Waals surface area contributed by atoms with Crippen LogP contribution in [0.5, 0.6) is 5.75 Å². The molecule has 0 bridgehead atoms. The number of hydrogen-bond acceptors (Lipinski definition) is 5. The van der Waals surface area contributed by atoms with Crippen LogP contribution in [0.25, 0.3) is 6.08 Å². The number of aliphatic carboxylic acids is 1. The van der Waals surface area contributed by atoms with E-state index in [4.69, 9.17) is 4.74 Å². The first-order chi connectivity index (χ1) is 14.7. The molecular weight excluding hydrogens is 420 g/mol. The largest absolute Gasteiger partial charge is 0.495 e. The first-order valence-electron chi connectivity index (χ1n) is 9.69. The van der Waals surface area contributed by atoms with E-state index in [1.165, 1.54) is 31.4 Å². The number of nitrogens with one attached hydrogen (secondary N) is 2. The number of amides is 1. The van der Waals surface area contributed by atoms with Gasteiger partial charge in [-0.3, -0.25) is 4.79 Å². The molecule has 3 N–H and O–H groups in total. The molecule has 2 aromatic carbocycles. The Morgan fingerprint density at radius 3 is 2.35 bits per heavy atom. The smallest absolute Gasteiger partial charge is 0.330 e. The Morgan fingerprint density at radius 2 is 1.81 bits per heavy atom. The summed E-state index contributed by atoms with van der Waals surface area (Å²) >= 11 is 0. The van der Waals surface area contributed by atoms with Gasteiger partial charge in [-0.25, -0.2) is 17.9 Å². The van der Waals surface area contributed by atoms with Crippen LogP contribution in [0.15, 0.2) is 53.4 Å². The Balaban J connectivity index is 1.81. The third-order valence-electron chi connectivity index (χ3n) is 5.11. The molecule has 0 aromatic heterocycles. The van der Waals surface area contributed by atoms with Crippen molar-refractivity contribution in [2.75, 3.05) is 13.7 Å². The van der Waals surface area contributed by atoms with Crippen molar-refractivity contribution in [3.05, 3.63) is 65.2 Å². The second-order valence-corrected chi connectivity index (χ2v) is 8.98. The molecule has 8 nitrogen and oxygen atoms in total. The number of carbonyl (C=O) groups excluding carboxylic acids is 1. The lowest BCUT2D eigenvalue weighted by Gasteiger charge is -2.24. The molecule has 0 spiro atoms. The highest BCUT2D eigenvalue weighted by molar-refractivity contribution is 7.89. The molecule has 0 saturated heterocycles. The lowest BCUT2D eigenvalue weighted by Crippen LogP contribution is -2.55. The highest BCUT2D eigenvalue weighted by atomic mass is 32.2. The van der Waals surface area contributed by atoms with E-state index in [1.54, 1.807) is 13.0 Å². The lowest BCUT2D eigenvalue weighted by molar-refractivity contribution is -0.146. The van der Waals surface area contributed by atoms with Crippen LogP contribution in [-0.2, 0) is 32.5 Å². The fourth-order valence-corrected chi connectivity index (χ4v) is 4.88. The molecule has 3 rings (SSSR count). The molecule has 164 valence electrons. The zero-order valence-electron chi connectivity index (χ0n) is 17.2. The van der Waals surface area contributed by atoms with Gasteiger partial charge in [0.15, 0.2) is 0 Å². The normalized spacial score (nSPS) is 14.9. The average Bonchev–Trinajstić information content (AvgIpc) is 3.11. The van der Waals surface area contributed by atoms with Gasteiger partial charge in [-0.2, -0.15) is 0 Å². The molecule has 0 unspecified atom stereocenters. The Labute approximate surface area is 181 Å². The van der Waals surface area contributed by atoms with Gasteiger partial charge < -0.3 is 15.2 Å². The van der Waals surface area contributed by atoms with Crippen molar-refractivity contribution in [3.8, 4) is 5.75 Å². The number of rotatable bonds is 8. The summed E-state index contributed by atoms with van der Waals surface area (Å²) in [7, 11) is -2.40. The van der Waals surface area contributed by atoms with Gasteiger partial charge in [-0.1, -0.05) is 37.3 Å². The van der Waals surface area contributed by atoms with Crippen LogP contribution in [0, 0.1) is 0 Å². The van der Waals surface area contributed by atoms with E-state index < -0.39 is 27.4 Å². The molecule has 0 atom stereocenters. The number of carboxylic acids is 1. The van der Waals surface area contributed by atoms with E-state index in [2.05, 4.69) is 10.0 Å². The summed E-state index contributed by atoms with van der Waals surface area (Å²) in [5, 5.41) is 12.4. The number of hydrogen-bond donors (Lipinski definition) is 3. The van der Waals surface area contributed by atoms with Crippen LogP contribution in [-0.4, -0.2) is 44.6 Å². The molecule has 0 fully saturated rings. The molecule has 0 heterocycles. The molecule has 31 heavy (non-hydrogen) atoms. The van der Waals surface area contributed by atoms with Gasteiger partial charge >= 0.3 is 5.97 Å². The molecule has 1 aliphatic rings. The lowest BCUT2D eigenvalue weighted by atomic mass is 9.95. The van der Waals surface area contributed by atoms with Gasteiger partial charge in [-0.15, -0.1) is 0 Å². The minimum absolute atomic E-state index is 0.0485. The molecule has 1 aliphatic carbocycles. The van der Waals surface area contributed by atoms with Gasteiger partial charge in [0.25, 0.3) is 0 Å². The third kappa shape index (κ3) is 4.78. The van der Waals surface area contributed by atoms with Crippen LogP contribution in [0.3, 0.4) is 0 Å². The first kappa shape index (κ1) is 22.5. The predicted octanol–water partition coefficient (Wildman–Crippen LogP) is 1.74. The molecule has 2 aromatic rings. The van der Waals surface area contributed by atoms with Gasteiger partial charge in [0.1, 0.15) is 16.2 Å². The summed E-state index contributed by atoms with van der Waals surface area (Å²) in [6, 6.07) is 11.9. The topological polar surface area (TPSA) is 122 Å². The molecule has 0 saturated carbocycles. The van der Waals surface area contributed by atoms with E-state index in [0.29, 0.717) is 5.56 Å². The summed E-state index contributed by atoms with van der Waals surface area (Å²) < 4.78 is 32.3. The molecule has 0 radical (unpaired) electrons. The van der Waals surface area contributed by atoms with Crippen LogP contribution in [0.2, 0.25) is 0 Å². The second kappa shape index (κ2) is 8.91. The molecular formula is C22H24N2O6S. The van der Waals surface area contributed by atoms with Gasteiger partial charge in [-0.05, 0) is 34.9 Å². The van der Waals surface area contributed by atoms with Crippen molar-refractivity contribution in [1.29, 1.82) is 0 Å².